The van der Waals surface area contributed by atoms with Crippen molar-refractivity contribution in [2.45, 2.75) is 6.42 Å². The summed E-state index contributed by atoms with van der Waals surface area (Å²) in [6, 6.07) is 16.6. The number of thiazole rings is 1. The molecule has 0 aliphatic rings. The quantitative estimate of drug-likeness (QED) is 0.540. The monoisotopic (exact) mass is 396 g/mol. The molecule has 144 valence electrons. The fourth-order valence-electron chi connectivity index (χ4n) is 2.36. The van der Waals surface area contributed by atoms with Gasteiger partial charge in [-0.25, -0.2) is 4.98 Å². The zero-order valence-corrected chi connectivity index (χ0v) is 16.1. The second kappa shape index (κ2) is 9.52. The number of nitrogens with one attached hydrogen (secondary N) is 3. The lowest BCUT2D eigenvalue weighted by molar-refractivity contribution is -0.116. The summed E-state index contributed by atoms with van der Waals surface area (Å²) in [5, 5.41) is 10.9. The lowest BCUT2D eigenvalue weighted by Crippen LogP contribution is -2.27. The standard InChI is InChI=1S/C20H20N4O3S/c1-27-16-9-7-15(8-10-16)23-20-24-17(13-28-20)19(26)21-12-11-18(25)22-14-5-3-2-4-6-14/h2-10,13H,11-12H2,1H3,(H,21,26)(H,22,25)(H,23,24). The number of rotatable bonds is 8. The number of methoxy groups -OCH3 is 1. The van der Waals surface area contributed by atoms with Crippen molar-refractivity contribution in [3.05, 3.63) is 65.7 Å². The highest BCUT2D eigenvalue weighted by Crippen LogP contribution is 2.22. The van der Waals surface area contributed by atoms with E-state index in [-0.39, 0.29) is 24.8 Å². The number of carbonyl (C=O) groups is 2. The van der Waals surface area contributed by atoms with Gasteiger partial charge in [-0.2, -0.15) is 0 Å². The van der Waals surface area contributed by atoms with E-state index in [1.54, 1.807) is 12.5 Å². The van der Waals surface area contributed by atoms with E-state index >= 15 is 0 Å². The van der Waals surface area contributed by atoms with Crippen molar-refractivity contribution in [1.29, 1.82) is 0 Å². The van der Waals surface area contributed by atoms with Crippen molar-refractivity contribution in [2.24, 2.45) is 0 Å². The third kappa shape index (κ3) is 5.55. The Labute approximate surface area is 166 Å². The minimum absolute atomic E-state index is 0.161. The molecule has 0 unspecified atom stereocenters. The Morgan fingerprint density at radius 2 is 1.79 bits per heavy atom. The van der Waals surface area contributed by atoms with Gasteiger partial charge in [0.25, 0.3) is 5.91 Å². The van der Waals surface area contributed by atoms with Crippen molar-refractivity contribution in [2.75, 3.05) is 24.3 Å². The molecule has 0 fully saturated rings. The first kappa shape index (κ1) is 19.4. The molecule has 8 heteroatoms. The van der Waals surface area contributed by atoms with Gasteiger partial charge >= 0.3 is 0 Å². The van der Waals surface area contributed by atoms with E-state index in [4.69, 9.17) is 4.74 Å². The van der Waals surface area contributed by atoms with E-state index in [0.29, 0.717) is 10.8 Å². The Morgan fingerprint density at radius 1 is 1.04 bits per heavy atom. The number of amides is 2. The Hall–Kier alpha value is -3.39. The summed E-state index contributed by atoms with van der Waals surface area (Å²) in [7, 11) is 1.61. The molecular weight excluding hydrogens is 376 g/mol. The first-order valence-corrected chi connectivity index (χ1v) is 9.52. The Morgan fingerprint density at radius 3 is 2.50 bits per heavy atom. The number of hydrogen-bond acceptors (Lipinski definition) is 6. The summed E-state index contributed by atoms with van der Waals surface area (Å²) in [5.41, 5.74) is 1.89. The molecule has 3 rings (SSSR count). The topological polar surface area (TPSA) is 92.3 Å². The van der Waals surface area contributed by atoms with E-state index in [1.165, 1.54) is 11.3 Å². The summed E-state index contributed by atoms with van der Waals surface area (Å²) < 4.78 is 5.12. The maximum Gasteiger partial charge on any atom is 0.270 e. The predicted molar refractivity (Wildman–Crippen MR) is 110 cm³/mol. The number of nitrogens with zero attached hydrogens (tertiary/aromatic N) is 1. The van der Waals surface area contributed by atoms with Crippen molar-refractivity contribution in [3.63, 3.8) is 0 Å². The molecule has 0 saturated carbocycles. The van der Waals surface area contributed by atoms with Crippen LogP contribution in [0.3, 0.4) is 0 Å². The molecular formula is C20H20N4O3S. The molecule has 0 atom stereocenters. The van der Waals surface area contributed by atoms with Gasteiger partial charge < -0.3 is 20.7 Å². The molecule has 0 aliphatic carbocycles. The van der Waals surface area contributed by atoms with E-state index in [0.717, 1.165) is 17.1 Å². The van der Waals surface area contributed by atoms with Crippen LogP contribution >= 0.6 is 11.3 Å². The van der Waals surface area contributed by atoms with E-state index < -0.39 is 0 Å². The minimum atomic E-state index is -0.313. The number of carbonyl (C=O) groups excluding carboxylic acids is 2. The van der Waals surface area contributed by atoms with Crippen LogP contribution in [0, 0.1) is 0 Å². The number of benzene rings is 2. The normalized spacial score (nSPS) is 10.2. The molecule has 0 aliphatic heterocycles. The van der Waals surface area contributed by atoms with Gasteiger partial charge in [-0.05, 0) is 36.4 Å². The van der Waals surface area contributed by atoms with Crippen LogP contribution in [-0.2, 0) is 4.79 Å². The largest absolute Gasteiger partial charge is 0.497 e. The number of para-hydroxylation sites is 1. The van der Waals surface area contributed by atoms with Crippen molar-refractivity contribution in [3.8, 4) is 5.75 Å². The van der Waals surface area contributed by atoms with Crippen molar-refractivity contribution >= 4 is 39.7 Å². The van der Waals surface area contributed by atoms with Crippen molar-refractivity contribution in [1.82, 2.24) is 10.3 Å². The van der Waals surface area contributed by atoms with Crippen LogP contribution in [0.15, 0.2) is 60.0 Å². The van der Waals surface area contributed by atoms with E-state index in [2.05, 4.69) is 20.9 Å². The zero-order valence-electron chi connectivity index (χ0n) is 15.3. The molecule has 2 amide bonds. The SMILES string of the molecule is COc1ccc(Nc2nc(C(=O)NCCC(=O)Nc3ccccc3)cs2)cc1. The smallest absolute Gasteiger partial charge is 0.270 e. The number of anilines is 3. The third-order valence-corrected chi connectivity index (χ3v) is 4.53. The highest BCUT2D eigenvalue weighted by Gasteiger charge is 2.11. The van der Waals surface area contributed by atoms with Gasteiger partial charge in [0.2, 0.25) is 5.91 Å². The Kier molecular flexibility index (Phi) is 6.59. The van der Waals surface area contributed by atoms with Gasteiger partial charge in [-0.3, -0.25) is 9.59 Å². The molecule has 0 saturated heterocycles. The zero-order chi connectivity index (χ0) is 19.8. The van der Waals surface area contributed by atoms with Crippen LogP contribution in [0.25, 0.3) is 0 Å². The van der Waals surface area contributed by atoms with Crippen LogP contribution in [0.4, 0.5) is 16.5 Å². The first-order valence-electron chi connectivity index (χ1n) is 8.64. The Bertz CT molecular complexity index is 926. The molecule has 0 bridgehead atoms. The van der Waals surface area contributed by atoms with Crippen LogP contribution in [-0.4, -0.2) is 30.5 Å². The van der Waals surface area contributed by atoms with Crippen molar-refractivity contribution < 1.29 is 14.3 Å². The summed E-state index contributed by atoms with van der Waals surface area (Å²) in [5.74, 6) is 0.291. The van der Waals surface area contributed by atoms with Crippen LogP contribution < -0.4 is 20.7 Å². The second-order valence-electron chi connectivity index (χ2n) is 5.81. The summed E-state index contributed by atoms with van der Waals surface area (Å²) >= 11 is 1.33. The van der Waals surface area contributed by atoms with Gasteiger partial charge in [-0.1, -0.05) is 18.2 Å². The van der Waals surface area contributed by atoms with Gasteiger partial charge in [0, 0.05) is 29.7 Å². The fourth-order valence-corrected chi connectivity index (χ4v) is 3.07. The molecule has 1 heterocycles. The molecule has 0 radical (unpaired) electrons. The predicted octanol–water partition coefficient (Wildman–Crippen LogP) is 3.65. The highest BCUT2D eigenvalue weighted by molar-refractivity contribution is 7.14. The molecule has 3 aromatic rings. The van der Waals surface area contributed by atoms with Crippen LogP contribution in [0.2, 0.25) is 0 Å². The van der Waals surface area contributed by atoms with E-state index in [1.807, 2.05) is 54.6 Å². The van der Waals surface area contributed by atoms with Gasteiger partial charge in [0.1, 0.15) is 11.4 Å². The molecule has 2 aromatic carbocycles. The molecule has 7 nitrogen and oxygen atoms in total. The van der Waals surface area contributed by atoms with Crippen LogP contribution in [0.5, 0.6) is 5.75 Å². The maximum atomic E-state index is 12.2. The molecule has 1 aromatic heterocycles. The summed E-state index contributed by atoms with van der Waals surface area (Å²) in [4.78, 5) is 28.4. The lowest BCUT2D eigenvalue weighted by atomic mass is 10.3. The number of aromatic nitrogens is 1. The summed E-state index contributed by atoms with van der Waals surface area (Å²) in [6.45, 7) is 0.232. The average molecular weight is 396 g/mol. The maximum absolute atomic E-state index is 12.2. The summed E-state index contributed by atoms with van der Waals surface area (Å²) in [6.07, 6.45) is 0.182. The van der Waals surface area contributed by atoms with Gasteiger partial charge in [0.15, 0.2) is 5.13 Å². The lowest BCUT2D eigenvalue weighted by Gasteiger charge is -2.06. The first-order chi connectivity index (χ1) is 13.6. The highest BCUT2D eigenvalue weighted by atomic mass is 32.1. The molecule has 0 spiro atoms. The molecule has 28 heavy (non-hydrogen) atoms. The average Bonchev–Trinajstić information content (AvgIpc) is 3.18. The third-order valence-electron chi connectivity index (χ3n) is 3.77. The second-order valence-corrected chi connectivity index (χ2v) is 6.67. The number of ether oxygens (including phenoxy) is 1. The van der Waals surface area contributed by atoms with Crippen LogP contribution in [0.1, 0.15) is 16.9 Å². The fraction of sp³-hybridized carbons (Fsp3) is 0.150. The van der Waals surface area contributed by atoms with Gasteiger partial charge in [-0.15, -0.1) is 11.3 Å². The minimum Gasteiger partial charge on any atom is -0.497 e. The molecule has 3 N–H and O–H groups in total. The number of hydrogen-bond donors (Lipinski definition) is 3. The Balaban J connectivity index is 1.45. The van der Waals surface area contributed by atoms with E-state index in [9.17, 15) is 9.59 Å². The van der Waals surface area contributed by atoms with Gasteiger partial charge in [0.05, 0.1) is 7.11 Å².